The molecule has 0 aliphatic carbocycles. The third kappa shape index (κ3) is 4.51. The summed E-state index contributed by atoms with van der Waals surface area (Å²) in [6.07, 6.45) is 1.54. The quantitative estimate of drug-likeness (QED) is 0.685. The summed E-state index contributed by atoms with van der Waals surface area (Å²) in [6.45, 7) is 2.92. The number of hydrogen-bond acceptors (Lipinski definition) is 4. The van der Waals surface area contributed by atoms with Crippen molar-refractivity contribution in [2.24, 2.45) is 0 Å². The average molecular weight is 423 g/mol. The molecule has 1 saturated heterocycles. The number of carbonyl (C=O) groups is 1. The zero-order chi connectivity index (χ0) is 22.0. The molecule has 1 aromatic heterocycles. The van der Waals surface area contributed by atoms with E-state index in [1.54, 1.807) is 33.7 Å². The zero-order valence-corrected chi connectivity index (χ0v) is 17.6. The number of halogens is 1. The van der Waals surface area contributed by atoms with Crippen LogP contribution in [0.15, 0.2) is 53.3 Å². The van der Waals surface area contributed by atoms with Crippen LogP contribution in [0.5, 0.6) is 0 Å². The number of carbonyl (C=O) groups excluding carboxylic acids is 1. The molecule has 1 N–H and O–H groups in total. The first-order chi connectivity index (χ1) is 14.9. The average Bonchev–Trinajstić information content (AvgIpc) is 2.77. The summed E-state index contributed by atoms with van der Waals surface area (Å²) in [5.74, 6) is 0.267. The van der Waals surface area contributed by atoms with E-state index in [1.807, 2.05) is 19.1 Å². The minimum Gasteiger partial charge on any atom is -0.388 e. The Morgan fingerprint density at radius 1 is 1.13 bits per heavy atom. The number of fused-ring (bicyclic) bond motifs is 1. The van der Waals surface area contributed by atoms with E-state index in [4.69, 9.17) is 0 Å². The summed E-state index contributed by atoms with van der Waals surface area (Å²) in [4.78, 5) is 32.0. The van der Waals surface area contributed by atoms with Crippen molar-refractivity contribution in [3.8, 4) is 0 Å². The number of hydrogen-bond donors (Lipinski definition) is 1. The minimum absolute atomic E-state index is 0.0487. The van der Waals surface area contributed by atoms with Crippen LogP contribution in [0.3, 0.4) is 0 Å². The van der Waals surface area contributed by atoms with E-state index in [0.29, 0.717) is 49.1 Å². The maximum atomic E-state index is 13.1. The molecule has 1 amide bonds. The van der Waals surface area contributed by atoms with Crippen LogP contribution in [0.25, 0.3) is 10.9 Å². The van der Waals surface area contributed by atoms with Gasteiger partial charge in [-0.2, -0.15) is 0 Å². The number of aromatic nitrogens is 2. The van der Waals surface area contributed by atoms with Gasteiger partial charge in [-0.05, 0) is 42.7 Å². The second kappa shape index (κ2) is 8.59. The fourth-order valence-corrected chi connectivity index (χ4v) is 4.16. The van der Waals surface area contributed by atoms with Gasteiger partial charge in [0.15, 0.2) is 0 Å². The fraction of sp³-hybridized carbons (Fsp3) is 0.375. The lowest BCUT2D eigenvalue weighted by Crippen LogP contribution is -2.50. The Balaban J connectivity index is 1.46. The lowest BCUT2D eigenvalue weighted by Gasteiger charge is -2.38. The molecule has 0 bridgehead atoms. The van der Waals surface area contributed by atoms with Crippen LogP contribution in [-0.2, 0) is 24.2 Å². The Hall–Kier alpha value is -3.06. The van der Waals surface area contributed by atoms with Crippen LogP contribution in [0.2, 0.25) is 0 Å². The van der Waals surface area contributed by atoms with Crippen molar-refractivity contribution in [3.05, 3.63) is 76.1 Å². The maximum absolute atomic E-state index is 13.1. The minimum atomic E-state index is -1.08. The van der Waals surface area contributed by atoms with E-state index < -0.39 is 5.60 Å². The van der Waals surface area contributed by atoms with Gasteiger partial charge in [0, 0.05) is 19.5 Å². The SMILES string of the molecule is CCc1nc2ccccc2c(=O)n1CC1(O)CCN(C(=O)Cc2ccc(F)cc2)CC1. The molecular formula is C24H26FN3O3. The van der Waals surface area contributed by atoms with E-state index in [2.05, 4.69) is 4.98 Å². The summed E-state index contributed by atoms with van der Waals surface area (Å²) >= 11 is 0. The highest BCUT2D eigenvalue weighted by Crippen LogP contribution is 2.25. The van der Waals surface area contributed by atoms with Gasteiger partial charge in [0.05, 0.1) is 29.5 Å². The zero-order valence-electron chi connectivity index (χ0n) is 17.6. The number of likely N-dealkylation sites (tertiary alicyclic amines) is 1. The van der Waals surface area contributed by atoms with Crippen LogP contribution in [0.1, 0.15) is 31.2 Å². The molecule has 0 unspecified atom stereocenters. The van der Waals surface area contributed by atoms with Gasteiger partial charge < -0.3 is 10.0 Å². The standard InChI is InChI=1S/C24H26FN3O3/c1-2-21-26-20-6-4-3-5-19(20)23(30)28(21)16-24(31)11-13-27(14-12-24)22(29)15-17-7-9-18(25)10-8-17/h3-10,31H,2,11-16H2,1H3. The van der Waals surface area contributed by atoms with Crippen molar-refractivity contribution in [2.75, 3.05) is 13.1 Å². The molecule has 7 heteroatoms. The van der Waals surface area contributed by atoms with Gasteiger partial charge in [-0.3, -0.25) is 14.2 Å². The van der Waals surface area contributed by atoms with Crippen LogP contribution in [-0.4, -0.2) is 44.2 Å². The lowest BCUT2D eigenvalue weighted by atomic mass is 9.90. The van der Waals surface area contributed by atoms with Crippen molar-refractivity contribution in [2.45, 2.75) is 44.8 Å². The van der Waals surface area contributed by atoms with Crippen molar-refractivity contribution >= 4 is 16.8 Å². The van der Waals surface area contributed by atoms with Gasteiger partial charge in [-0.15, -0.1) is 0 Å². The summed E-state index contributed by atoms with van der Waals surface area (Å²) in [7, 11) is 0. The molecule has 0 spiro atoms. The Morgan fingerprint density at radius 3 is 2.48 bits per heavy atom. The molecule has 31 heavy (non-hydrogen) atoms. The van der Waals surface area contributed by atoms with Crippen LogP contribution >= 0.6 is 0 Å². The molecule has 0 saturated carbocycles. The summed E-state index contributed by atoms with van der Waals surface area (Å²) in [5, 5.41) is 11.7. The van der Waals surface area contributed by atoms with Gasteiger partial charge in [0.2, 0.25) is 5.91 Å². The van der Waals surface area contributed by atoms with E-state index >= 15 is 0 Å². The predicted molar refractivity (Wildman–Crippen MR) is 116 cm³/mol. The first-order valence-electron chi connectivity index (χ1n) is 10.6. The van der Waals surface area contributed by atoms with Crippen molar-refractivity contribution < 1.29 is 14.3 Å². The van der Waals surface area contributed by atoms with Crippen molar-refractivity contribution in [1.82, 2.24) is 14.5 Å². The van der Waals surface area contributed by atoms with E-state index in [-0.39, 0.29) is 30.2 Å². The highest BCUT2D eigenvalue weighted by Gasteiger charge is 2.35. The molecule has 6 nitrogen and oxygen atoms in total. The van der Waals surface area contributed by atoms with Crippen molar-refractivity contribution in [3.63, 3.8) is 0 Å². The van der Waals surface area contributed by atoms with E-state index in [9.17, 15) is 19.1 Å². The number of nitrogens with zero attached hydrogens (tertiary/aromatic N) is 3. The number of piperidine rings is 1. The molecule has 2 heterocycles. The molecule has 1 aliphatic rings. The maximum Gasteiger partial charge on any atom is 0.261 e. The molecule has 1 fully saturated rings. The third-order valence-electron chi connectivity index (χ3n) is 6.02. The third-order valence-corrected chi connectivity index (χ3v) is 6.02. The molecule has 3 aromatic rings. The first-order valence-corrected chi connectivity index (χ1v) is 10.6. The predicted octanol–water partition coefficient (Wildman–Crippen LogP) is 2.69. The van der Waals surface area contributed by atoms with Gasteiger partial charge in [-0.1, -0.05) is 31.2 Å². The van der Waals surface area contributed by atoms with E-state index in [1.165, 1.54) is 12.1 Å². The molecule has 1 aliphatic heterocycles. The molecule has 2 aromatic carbocycles. The van der Waals surface area contributed by atoms with E-state index in [0.717, 1.165) is 5.56 Å². The first kappa shape index (κ1) is 21.2. The van der Waals surface area contributed by atoms with Gasteiger partial charge in [0.25, 0.3) is 5.56 Å². The molecule has 0 radical (unpaired) electrons. The number of benzene rings is 2. The number of amides is 1. The smallest absolute Gasteiger partial charge is 0.261 e. The molecular weight excluding hydrogens is 397 g/mol. The lowest BCUT2D eigenvalue weighted by molar-refractivity contribution is -0.135. The number of aryl methyl sites for hydroxylation is 1. The summed E-state index contributed by atoms with van der Waals surface area (Å²) in [5.41, 5.74) is 0.193. The normalized spacial score (nSPS) is 15.9. The fourth-order valence-electron chi connectivity index (χ4n) is 4.16. The Bertz CT molecular complexity index is 1150. The highest BCUT2D eigenvalue weighted by atomic mass is 19.1. The highest BCUT2D eigenvalue weighted by molar-refractivity contribution is 5.79. The van der Waals surface area contributed by atoms with Gasteiger partial charge in [-0.25, -0.2) is 9.37 Å². The molecule has 162 valence electrons. The number of rotatable bonds is 5. The Labute approximate surface area is 180 Å². The van der Waals surface area contributed by atoms with Crippen LogP contribution in [0.4, 0.5) is 4.39 Å². The van der Waals surface area contributed by atoms with Gasteiger partial charge in [0.1, 0.15) is 11.6 Å². The van der Waals surface area contributed by atoms with Crippen LogP contribution in [0, 0.1) is 5.82 Å². The molecule has 4 rings (SSSR count). The second-order valence-electron chi connectivity index (χ2n) is 8.20. The van der Waals surface area contributed by atoms with Crippen molar-refractivity contribution in [1.29, 1.82) is 0 Å². The largest absolute Gasteiger partial charge is 0.388 e. The molecule has 0 atom stereocenters. The topological polar surface area (TPSA) is 75.4 Å². The Morgan fingerprint density at radius 2 is 1.81 bits per heavy atom. The monoisotopic (exact) mass is 423 g/mol. The summed E-state index contributed by atoms with van der Waals surface area (Å²) in [6, 6.07) is 13.1. The Kier molecular flexibility index (Phi) is 5.87. The van der Waals surface area contributed by atoms with Crippen LogP contribution < -0.4 is 5.56 Å². The number of aliphatic hydroxyl groups is 1. The summed E-state index contributed by atoms with van der Waals surface area (Å²) < 4.78 is 14.6. The second-order valence-corrected chi connectivity index (χ2v) is 8.20. The van der Waals surface area contributed by atoms with Gasteiger partial charge >= 0.3 is 0 Å². The number of para-hydroxylation sites is 1.